The Morgan fingerprint density at radius 1 is 1.28 bits per heavy atom. The molecule has 0 radical (unpaired) electrons. The van der Waals surface area contributed by atoms with E-state index in [0.29, 0.717) is 13.2 Å². The van der Waals surface area contributed by atoms with E-state index in [2.05, 4.69) is 4.98 Å². The van der Waals surface area contributed by atoms with Gasteiger partial charge < -0.3 is 13.6 Å². The van der Waals surface area contributed by atoms with Crippen LogP contribution >= 0.6 is 7.60 Å². The average Bonchev–Trinajstić information content (AvgIpc) is 2.79. The van der Waals surface area contributed by atoms with Gasteiger partial charge in [-0.05, 0) is 27.7 Å². The summed E-state index contributed by atoms with van der Waals surface area (Å²) in [5.41, 5.74) is 1.96. The lowest BCUT2D eigenvalue weighted by atomic mass is 10.3. The highest BCUT2D eigenvalue weighted by Gasteiger charge is 2.26. The molecule has 1 aromatic heterocycles. The number of allylic oxidation sites excluding steroid dienone is 2. The zero-order valence-corrected chi connectivity index (χ0v) is 12.3. The zero-order valence-electron chi connectivity index (χ0n) is 11.4. The number of aromatic nitrogens is 2. The summed E-state index contributed by atoms with van der Waals surface area (Å²) in [5, 5.41) is 0. The third-order valence-electron chi connectivity index (χ3n) is 2.39. The van der Waals surface area contributed by atoms with Crippen LogP contribution in [-0.2, 0) is 13.6 Å². The van der Waals surface area contributed by atoms with Crippen LogP contribution < -0.4 is 0 Å². The predicted octanol–water partition coefficient (Wildman–Crippen LogP) is 3.40. The first-order valence-electron chi connectivity index (χ1n) is 6.05. The van der Waals surface area contributed by atoms with E-state index in [1.807, 2.05) is 38.5 Å². The van der Waals surface area contributed by atoms with Gasteiger partial charge in [-0.1, -0.05) is 5.57 Å². The lowest BCUT2D eigenvalue weighted by molar-refractivity contribution is 0.222. The second-order valence-electron chi connectivity index (χ2n) is 4.02. The second-order valence-corrected chi connectivity index (χ2v) is 6.08. The molecule has 0 atom stereocenters. The molecule has 0 saturated carbocycles. The van der Waals surface area contributed by atoms with Gasteiger partial charge in [0, 0.05) is 18.1 Å². The lowest BCUT2D eigenvalue weighted by Gasteiger charge is -2.20. The molecule has 0 aromatic carbocycles. The van der Waals surface area contributed by atoms with Crippen LogP contribution in [-0.4, -0.2) is 28.9 Å². The van der Waals surface area contributed by atoms with Gasteiger partial charge in [-0.2, -0.15) is 0 Å². The van der Waals surface area contributed by atoms with Crippen molar-refractivity contribution < 1.29 is 13.6 Å². The van der Waals surface area contributed by atoms with Gasteiger partial charge in [0.15, 0.2) is 0 Å². The van der Waals surface area contributed by atoms with E-state index < -0.39 is 7.60 Å². The highest BCUT2D eigenvalue weighted by molar-refractivity contribution is 7.54. The van der Waals surface area contributed by atoms with E-state index >= 15 is 0 Å². The number of hydrogen-bond acceptors (Lipinski definition) is 4. The average molecular weight is 272 g/mol. The van der Waals surface area contributed by atoms with Gasteiger partial charge in [-0.3, -0.25) is 4.57 Å². The van der Waals surface area contributed by atoms with Gasteiger partial charge in [-0.15, -0.1) is 0 Å². The number of hydrogen-bond donors (Lipinski definition) is 0. The molecule has 0 aliphatic heterocycles. The predicted molar refractivity (Wildman–Crippen MR) is 72.5 cm³/mol. The van der Waals surface area contributed by atoms with Gasteiger partial charge in [0.25, 0.3) is 0 Å². The summed E-state index contributed by atoms with van der Waals surface area (Å²) in [6.45, 7) is 8.31. The van der Waals surface area contributed by atoms with Crippen molar-refractivity contribution in [1.82, 2.24) is 9.55 Å². The Kier molecular flexibility index (Phi) is 5.79. The van der Waals surface area contributed by atoms with Crippen LogP contribution in [0.25, 0.3) is 5.70 Å². The normalized spacial score (nSPS) is 11.6. The van der Waals surface area contributed by atoms with Gasteiger partial charge in [0.1, 0.15) is 0 Å². The van der Waals surface area contributed by atoms with Crippen LogP contribution in [0.3, 0.4) is 0 Å². The molecular formula is C12H21N2O3P. The van der Waals surface area contributed by atoms with E-state index in [0.717, 1.165) is 11.3 Å². The molecule has 0 aliphatic carbocycles. The highest BCUT2D eigenvalue weighted by Crippen LogP contribution is 2.50. The minimum atomic E-state index is -3.08. The Morgan fingerprint density at radius 2 is 1.89 bits per heavy atom. The molecule has 0 amide bonds. The van der Waals surface area contributed by atoms with Crippen molar-refractivity contribution in [3.8, 4) is 0 Å². The summed E-state index contributed by atoms with van der Waals surface area (Å²) in [5.74, 6) is 0. The summed E-state index contributed by atoms with van der Waals surface area (Å²) < 4.78 is 25.0. The minimum Gasteiger partial charge on any atom is -0.310 e. The van der Waals surface area contributed by atoms with Crippen molar-refractivity contribution in [3.63, 3.8) is 0 Å². The molecule has 0 N–H and O–H groups in total. The van der Waals surface area contributed by atoms with E-state index in [1.54, 1.807) is 12.5 Å². The quantitative estimate of drug-likeness (QED) is 0.714. The molecule has 0 spiro atoms. The first-order valence-corrected chi connectivity index (χ1v) is 7.78. The maximum Gasteiger partial charge on any atom is 0.336 e. The maximum absolute atomic E-state index is 12.5. The molecule has 5 nitrogen and oxygen atoms in total. The fourth-order valence-corrected chi connectivity index (χ4v) is 3.51. The van der Waals surface area contributed by atoms with Crippen molar-refractivity contribution in [2.24, 2.45) is 0 Å². The van der Waals surface area contributed by atoms with Gasteiger partial charge in [0.2, 0.25) is 0 Å². The Labute approximate surface area is 108 Å². The largest absolute Gasteiger partial charge is 0.336 e. The van der Waals surface area contributed by atoms with Crippen LogP contribution in [0.4, 0.5) is 0 Å². The van der Waals surface area contributed by atoms with Crippen LogP contribution in [0.15, 0.2) is 24.3 Å². The molecule has 1 aromatic rings. The van der Waals surface area contributed by atoms with E-state index in [9.17, 15) is 4.57 Å². The van der Waals surface area contributed by atoms with E-state index in [4.69, 9.17) is 9.05 Å². The topological polar surface area (TPSA) is 53.4 Å². The fraction of sp³-hybridized carbons (Fsp3) is 0.583. The summed E-state index contributed by atoms with van der Waals surface area (Å²) in [6.07, 6.45) is 5.46. The second kappa shape index (κ2) is 6.88. The van der Waals surface area contributed by atoms with Crippen molar-refractivity contribution in [1.29, 1.82) is 0 Å². The Bertz CT molecular complexity index is 426. The monoisotopic (exact) mass is 272 g/mol. The molecule has 1 rings (SSSR count). The van der Waals surface area contributed by atoms with Crippen LogP contribution in [0.2, 0.25) is 0 Å². The van der Waals surface area contributed by atoms with Crippen molar-refractivity contribution in [2.45, 2.75) is 27.7 Å². The Hall–Kier alpha value is -0.900. The maximum atomic E-state index is 12.5. The first-order chi connectivity index (χ1) is 8.52. The molecule has 0 fully saturated rings. The van der Waals surface area contributed by atoms with Crippen LogP contribution in [0.1, 0.15) is 27.7 Å². The first kappa shape index (κ1) is 15.2. The lowest BCUT2D eigenvalue weighted by Crippen LogP contribution is -2.07. The van der Waals surface area contributed by atoms with Crippen LogP contribution in [0, 0.1) is 0 Å². The summed E-state index contributed by atoms with van der Waals surface area (Å²) in [7, 11) is -3.08. The smallest absolute Gasteiger partial charge is 0.310 e. The van der Waals surface area contributed by atoms with E-state index in [1.165, 1.54) is 0 Å². The SMILES string of the molecule is CCOP(=O)(CC(=C(C)C)n1ccnc1)OCC. The molecular weight excluding hydrogens is 251 g/mol. The summed E-state index contributed by atoms with van der Waals surface area (Å²) >= 11 is 0. The minimum absolute atomic E-state index is 0.257. The molecule has 0 saturated heterocycles. The third kappa shape index (κ3) is 4.09. The number of imidazole rings is 1. The fourth-order valence-electron chi connectivity index (χ4n) is 1.62. The summed E-state index contributed by atoms with van der Waals surface area (Å²) in [6, 6.07) is 0. The summed E-state index contributed by atoms with van der Waals surface area (Å²) in [4.78, 5) is 4.00. The van der Waals surface area contributed by atoms with Crippen molar-refractivity contribution in [2.75, 3.05) is 19.4 Å². The molecule has 6 heteroatoms. The Balaban J connectivity index is 2.97. The van der Waals surface area contributed by atoms with Crippen LogP contribution in [0.5, 0.6) is 0 Å². The van der Waals surface area contributed by atoms with E-state index in [-0.39, 0.29) is 6.16 Å². The molecule has 0 aliphatic rings. The molecule has 102 valence electrons. The van der Waals surface area contributed by atoms with Gasteiger partial charge in [0.05, 0.1) is 25.7 Å². The zero-order chi connectivity index (χ0) is 13.6. The van der Waals surface area contributed by atoms with Gasteiger partial charge in [-0.25, -0.2) is 4.98 Å². The van der Waals surface area contributed by atoms with Crippen molar-refractivity contribution in [3.05, 3.63) is 24.3 Å². The highest BCUT2D eigenvalue weighted by atomic mass is 31.2. The third-order valence-corrected chi connectivity index (χ3v) is 4.38. The number of rotatable bonds is 7. The molecule has 0 bridgehead atoms. The molecule has 18 heavy (non-hydrogen) atoms. The standard InChI is InChI=1S/C12H21N2O3P/c1-5-16-18(15,17-6-2)9-12(11(3)4)14-8-7-13-10-14/h7-8,10H,5-6,9H2,1-4H3. The molecule has 0 unspecified atom stereocenters. The van der Waals surface area contributed by atoms with Gasteiger partial charge >= 0.3 is 7.60 Å². The molecule has 1 heterocycles. The Morgan fingerprint density at radius 3 is 2.28 bits per heavy atom. The number of nitrogens with zero attached hydrogens (tertiary/aromatic N) is 2. The van der Waals surface area contributed by atoms with Crippen molar-refractivity contribution >= 4 is 13.3 Å².